The normalized spacial score (nSPS) is 13.3. The Morgan fingerprint density at radius 3 is 2.56 bits per heavy atom. The van der Waals surface area contributed by atoms with Gasteiger partial charge in [0, 0.05) is 49.4 Å². The van der Waals surface area contributed by atoms with Gasteiger partial charge in [0.2, 0.25) is 5.88 Å². The summed E-state index contributed by atoms with van der Waals surface area (Å²) >= 11 is 1.14. The predicted octanol–water partition coefficient (Wildman–Crippen LogP) is 5.36. The Kier molecular flexibility index (Phi) is 9.02. The lowest BCUT2D eigenvalue weighted by Gasteiger charge is -2.29. The molecule has 0 spiro atoms. The van der Waals surface area contributed by atoms with E-state index in [0.29, 0.717) is 37.6 Å². The maximum atomic E-state index is 14.6. The van der Waals surface area contributed by atoms with Gasteiger partial charge in [0.05, 0.1) is 35.3 Å². The molecule has 1 aliphatic rings. The minimum Gasteiger partial charge on any atom is -0.476 e. The van der Waals surface area contributed by atoms with Crippen LogP contribution in [-0.4, -0.2) is 63.1 Å². The fourth-order valence-electron chi connectivity index (χ4n) is 4.67. The second-order valence-corrected chi connectivity index (χ2v) is 10.8. The van der Waals surface area contributed by atoms with Gasteiger partial charge in [0.1, 0.15) is 22.2 Å². The summed E-state index contributed by atoms with van der Waals surface area (Å²) in [5, 5.41) is 5.15. The van der Waals surface area contributed by atoms with Crippen molar-refractivity contribution < 1.29 is 22.7 Å². The van der Waals surface area contributed by atoms with Crippen molar-refractivity contribution in [3.05, 3.63) is 80.6 Å². The summed E-state index contributed by atoms with van der Waals surface area (Å²) in [6.45, 7) is 7.77. The van der Waals surface area contributed by atoms with Crippen molar-refractivity contribution in [2.45, 2.75) is 27.2 Å². The van der Waals surface area contributed by atoms with Gasteiger partial charge in [-0.1, -0.05) is 5.57 Å². The summed E-state index contributed by atoms with van der Waals surface area (Å²) in [6, 6.07) is 5.36. The fourth-order valence-corrected chi connectivity index (χ4v) is 5.49. The number of piperazine rings is 1. The third-order valence-electron chi connectivity index (χ3n) is 6.66. The lowest BCUT2D eigenvalue weighted by Crippen LogP contribution is -2.47. The number of aromatic nitrogens is 4. The lowest BCUT2D eigenvalue weighted by molar-refractivity contribution is 0.0735. The van der Waals surface area contributed by atoms with Crippen molar-refractivity contribution in [1.82, 2.24) is 29.7 Å². The number of rotatable bonds is 8. The molecule has 1 aliphatic heterocycles. The number of ether oxygens (including phenoxy) is 1. The molecule has 5 rings (SSSR count). The zero-order chi connectivity index (χ0) is 30.7. The minimum atomic E-state index is -2.66. The molecule has 0 atom stereocenters. The van der Waals surface area contributed by atoms with Crippen LogP contribution < -0.4 is 15.6 Å². The van der Waals surface area contributed by atoms with Crippen LogP contribution in [-0.2, 0) is 0 Å². The van der Waals surface area contributed by atoms with Crippen LogP contribution in [0.3, 0.4) is 0 Å². The number of amides is 1. The molecule has 9 nitrogen and oxygen atoms in total. The Morgan fingerprint density at radius 1 is 1.14 bits per heavy atom. The predicted molar refractivity (Wildman–Crippen MR) is 158 cm³/mol. The molecular weight excluding hydrogens is 581 g/mol. The highest BCUT2D eigenvalue weighted by molar-refractivity contribution is 7.13. The SMILES string of the molecule is CCOc1ncc(F)cc1-n1c(C=C(C)C)c(C(=O)N2CCNCC2)cc(-c2nc(-c3ccc(C(F)F)cn3)cs2)c1=O. The molecule has 4 aromatic rings. The van der Waals surface area contributed by atoms with Gasteiger partial charge in [-0.05, 0) is 45.0 Å². The number of alkyl halides is 2. The summed E-state index contributed by atoms with van der Waals surface area (Å²) in [7, 11) is 0. The smallest absolute Gasteiger partial charge is 0.266 e. The molecule has 1 N–H and O–H groups in total. The highest BCUT2D eigenvalue weighted by Crippen LogP contribution is 2.32. The molecule has 0 radical (unpaired) electrons. The third kappa shape index (κ3) is 6.37. The standard InChI is InChI=1S/C30H29F3N6O3S/c1-4-42-27-25(12-19(31)15-36-27)39-24(11-17(2)3)20(29(40)38-9-7-34-8-10-38)13-21(30(39)41)28-37-23(16-43-28)22-6-5-18(14-35-22)26(32)33/h5-6,11-16,26,34H,4,7-10H2,1-3H3. The maximum absolute atomic E-state index is 14.6. The zero-order valence-corrected chi connectivity index (χ0v) is 24.6. The first-order valence-corrected chi connectivity index (χ1v) is 14.5. The van der Waals surface area contributed by atoms with Gasteiger partial charge in [-0.15, -0.1) is 11.3 Å². The number of hydrogen-bond acceptors (Lipinski definition) is 8. The van der Waals surface area contributed by atoms with E-state index < -0.39 is 17.8 Å². The van der Waals surface area contributed by atoms with E-state index in [1.807, 2.05) is 13.8 Å². The number of pyridine rings is 3. The summed E-state index contributed by atoms with van der Waals surface area (Å²) < 4.78 is 47.6. The first-order chi connectivity index (χ1) is 20.7. The maximum Gasteiger partial charge on any atom is 0.266 e. The zero-order valence-electron chi connectivity index (χ0n) is 23.7. The van der Waals surface area contributed by atoms with Gasteiger partial charge in [-0.25, -0.2) is 23.1 Å². The van der Waals surface area contributed by atoms with Crippen LogP contribution >= 0.6 is 11.3 Å². The largest absolute Gasteiger partial charge is 0.476 e. The molecule has 1 fully saturated rings. The number of carbonyl (C=O) groups is 1. The van der Waals surface area contributed by atoms with Gasteiger partial charge in [0.25, 0.3) is 17.9 Å². The number of nitrogens with zero attached hydrogens (tertiary/aromatic N) is 5. The van der Waals surface area contributed by atoms with Gasteiger partial charge in [-0.2, -0.15) is 0 Å². The number of nitrogens with one attached hydrogen (secondary N) is 1. The molecule has 1 amide bonds. The van der Waals surface area contributed by atoms with Crippen molar-refractivity contribution in [3.8, 4) is 33.5 Å². The van der Waals surface area contributed by atoms with Crippen LogP contribution in [0.2, 0.25) is 0 Å². The fraction of sp³-hybridized carbons (Fsp3) is 0.300. The Hall–Kier alpha value is -4.36. The van der Waals surface area contributed by atoms with Crippen molar-refractivity contribution in [3.63, 3.8) is 0 Å². The van der Waals surface area contributed by atoms with Crippen LogP contribution in [0.5, 0.6) is 5.88 Å². The van der Waals surface area contributed by atoms with Gasteiger partial charge >= 0.3 is 0 Å². The average Bonchev–Trinajstić information content (AvgIpc) is 3.48. The molecule has 1 saturated heterocycles. The van der Waals surface area contributed by atoms with Crippen LogP contribution in [0.25, 0.3) is 33.7 Å². The van der Waals surface area contributed by atoms with Crippen LogP contribution in [0, 0.1) is 5.82 Å². The first-order valence-electron chi connectivity index (χ1n) is 13.6. The Bertz CT molecular complexity index is 1730. The molecule has 13 heteroatoms. The Balaban J connectivity index is 1.76. The lowest BCUT2D eigenvalue weighted by atomic mass is 10.0. The van der Waals surface area contributed by atoms with E-state index >= 15 is 0 Å². The Labute approximate surface area is 249 Å². The number of halogens is 3. The molecule has 4 aromatic heterocycles. The van der Waals surface area contributed by atoms with E-state index in [4.69, 9.17) is 4.74 Å². The summed E-state index contributed by atoms with van der Waals surface area (Å²) in [4.78, 5) is 42.8. The second-order valence-electron chi connectivity index (χ2n) is 9.99. The van der Waals surface area contributed by atoms with E-state index in [-0.39, 0.29) is 51.5 Å². The van der Waals surface area contributed by atoms with Crippen LogP contribution in [0.1, 0.15) is 48.8 Å². The number of hydrogen-bond donors (Lipinski definition) is 1. The highest BCUT2D eigenvalue weighted by atomic mass is 32.1. The van der Waals surface area contributed by atoms with E-state index in [1.54, 1.807) is 23.3 Å². The molecule has 5 heterocycles. The molecular formula is C30H29F3N6O3S. The highest BCUT2D eigenvalue weighted by Gasteiger charge is 2.27. The van der Waals surface area contributed by atoms with Crippen molar-refractivity contribution in [1.29, 1.82) is 0 Å². The number of thiazole rings is 1. The molecule has 0 aliphatic carbocycles. The molecule has 0 saturated carbocycles. The number of allylic oxidation sites excluding steroid dienone is 1. The van der Waals surface area contributed by atoms with E-state index in [1.165, 1.54) is 22.8 Å². The quantitative estimate of drug-likeness (QED) is 0.287. The number of carbonyl (C=O) groups excluding carboxylic acids is 1. The average molecular weight is 611 g/mol. The van der Waals surface area contributed by atoms with E-state index in [9.17, 15) is 22.8 Å². The Morgan fingerprint density at radius 2 is 1.91 bits per heavy atom. The topological polar surface area (TPSA) is 102 Å². The summed E-state index contributed by atoms with van der Waals surface area (Å²) in [5.74, 6) is -0.966. The first kappa shape index (κ1) is 30.1. The van der Waals surface area contributed by atoms with Crippen LogP contribution in [0.15, 0.2) is 52.4 Å². The van der Waals surface area contributed by atoms with Gasteiger partial charge < -0.3 is 15.0 Å². The van der Waals surface area contributed by atoms with E-state index in [2.05, 4.69) is 20.3 Å². The third-order valence-corrected chi connectivity index (χ3v) is 7.53. The van der Waals surface area contributed by atoms with Gasteiger partial charge in [0.15, 0.2) is 0 Å². The molecule has 0 bridgehead atoms. The monoisotopic (exact) mass is 610 g/mol. The summed E-state index contributed by atoms with van der Waals surface area (Å²) in [5.41, 5.74) is 1.34. The molecule has 0 aromatic carbocycles. The van der Waals surface area contributed by atoms with E-state index in [0.717, 1.165) is 35.4 Å². The van der Waals surface area contributed by atoms with Gasteiger partial charge in [-0.3, -0.25) is 19.1 Å². The van der Waals surface area contributed by atoms with Crippen molar-refractivity contribution >= 4 is 23.3 Å². The van der Waals surface area contributed by atoms with Crippen molar-refractivity contribution in [2.24, 2.45) is 0 Å². The van der Waals surface area contributed by atoms with Crippen molar-refractivity contribution in [2.75, 3.05) is 32.8 Å². The minimum absolute atomic E-state index is 0.0234. The molecule has 224 valence electrons. The second kappa shape index (κ2) is 12.9. The molecule has 0 unspecified atom stereocenters. The molecule has 43 heavy (non-hydrogen) atoms. The summed E-state index contributed by atoms with van der Waals surface area (Å²) in [6.07, 6.45) is 1.12. The van der Waals surface area contributed by atoms with Crippen LogP contribution in [0.4, 0.5) is 13.2 Å².